The van der Waals surface area contributed by atoms with E-state index in [1.54, 1.807) is 0 Å². The second-order valence-corrected chi connectivity index (χ2v) is 5.24. The lowest BCUT2D eigenvalue weighted by Gasteiger charge is -2.24. The largest absolute Gasteiger partial charge is 0.478 e. The molecular weight excluding hydrogens is 181 g/mol. The molecule has 12 heavy (non-hydrogen) atoms. The molecule has 0 aromatic rings. The number of phosphoric ester groups is 1. The van der Waals surface area contributed by atoms with E-state index in [0.29, 0.717) is 4.48 Å². The number of rotatable bonds is 5. The van der Waals surface area contributed by atoms with Crippen LogP contribution in [0, 0.1) is 0 Å². The highest BCUT2D eigenvalue weighted by atomic mass is 31.2. The first-order valence-electron chi connectivity index (χ1n) is 3.49. The summed E-state index contributed by atoms with van der Waals surface area (Å²) < 4.78 is 26.0. The third-order valence-electron chi connectivity index (χ3n) is 1.05. The number of quaternary nitrogens is 1. The van der Waals surface area contributed by atoms with Gasteiger partial charge in [-0.2, -0.15) is 0 Å². The summed E-state index contributed by atoms with van der Waals surface area (Å²) in [6.45, 7) is 0.277. The van der Waals surface area contributed by atoms with E-state index < -0.39 is 7.82 Å². The molecule has 0 radical (unpaired) electrons. The van der Waals surface area contributed by atoms with Crippen molar-refractivity contribution in [1.29, 1.82) is 0 Å². The minimum Gasteiger partial charge on any atom is -0.308 e. The molecule has 0 amide bonds. The fourth-order valence-electron chi connectivity index (χ4n) is 0.424. The van der Waals surface area contributed by atoms with E-state index in [2.05, 4.69) is 9.05 Å². The molecule has 6 heteroatoms. The molecule has 5 nitrogen and oxygen atoms in total. The minimum atomic E-state index is -3.29. The maximum Gasteiger partial charge on any atom is 0.478 e. The summed E-state index contributed by atoms with van der Waals surface area (Å²) in [6.07, 6.45) is 0. The van der Waals surface area contributed by atoms with Gasteiger partial charge in [-0.25, -0.2) is 9.09 Å². The van der Waals surface area contributed by atoms with Gasteiger partial charge < -0.3 is 4.48 Å². The Balaban J connectivity index is 3.99. The molecule has 0 N–H and O–H groups in total. The first-order valence-corrected chi connectivity index (χ1v) is 4.95. The standard InChI is InChI=1S/C6H17NO4P/c1-7(2,3)6-11-12(8,9-4)10-5/h6H2,1-5H3/q+1. The molecule has 74 valence electrons. The Bertz CT molecular complexity index is 169. The van der Waals surface area contributed by atoms with Crippen LogP contribution < -0.4 is 0 Å². The van der Waals surface area contributed by atoms with Crippen LogP contribution in [0.25, 0.3) is 0 Å². The molecule has 0 unspecified atom stereocenters. The van der Waals surface area contributed by atoms with Gasteiger partial charge in [0.1, 0.15) is 0 Å². The molecule has 0 saturated carbocycles. The summed E-state index contributed by atoms with van der Waals surface area (Å²) in [7, 11) is 5.03. The Hall–Kier alpha value is 0.0700. The molecule has 0 heterocycles. The van der Waals surface area contributed by atoms with Gasteiger partial charge in [-0.05, 0) is 0 Å². The van der Waals surface area contributed by atoms with Gasteiger partial charge >= 0.3 is 7.82 Å². The van der Waals surface area contributed by atoms with Crippen LogP contribution in [0.2, 0.25) is 0 Å². The van der Waals surface area contributed by atoms with Crippen molar-refractivity contribution in [3.05, 3.63) is 0 Å². The summed E-state index contributed by atoms with van der Waals surface area (Å²) in [5, 5.41) is 0. The lowest BCUT2D eigenvalue weighted by molar-refractivity contribution is -0.887. The predicted molar refractivity (Wildman–Crippen MR) is 45.6 cm³/mol. The normalized spacial score (nSPS) is 13.4. The van der Waals surface area contributed by atoms with Crippen LogP contribution in [0.3, 0.4) is 0 Å². The molecule has 0 rings (SSSR count). The van der Waals surface area contributed by atoms with Gasteiger partial charge in [-0.3, -0.25) is 9.05 Å². The van der Waals surface area contributed by atoms with Gasteiger partial charge in [0, 0.05) is 14.2 Å². The molecule has 0 aliphatic carbocycles. The zero-order chi connectivity index (χ0) is 9.83. The second kappa shape index (κ2) is 4.35. The maximum atomic E-state index is 11.3. The highest BCUT2D eigenvalue weighted by Gasteiger charge is 2.25. The van der Waals surface area contributed by atoms with Crippen molar-refractivity contribution in [1.82, 2.24) is 0 Å². The minimum absolute atomic E-state index is 0.277. The smallest absolute Gasteiger partial charge is 0.308 e. The fourth-order valence-corrected chi connectivity index (χ4v) is 1.27. The zero-order valence-electron chi connectivity index (χ0n) is 8.23. The Labute approximate surface area is 73.4 Å². The van der Waals surface area contributed by atoms with Gasteiger partial charge in [0.05, 0.1) is 21.1 Å². The van der Waals surface area contributed by atoms with Crippen molar-refractivity contribution in [2.75, 3.05) is 42.1 Å². The fraction of sp³-hybridized carbons (Fsp3) is 1.00. The Kier molecular flexibility index (Phi) is 4.37. The van der Waals surface area contributed by atoms with Crippen LogP contribution in [0.5, 0.6) is 0 Å². The van der Waals surface area contributed by atoms with Crippen LogP contribution in [-0.4, -0.2) is 46.6 Å². The SMILES string of the molecule is COP(=O)(OC)OC[N+](C)(C)C. The van der Waals surface area contributed by atoms with E-state index >= 15 is 0 Å². The Morgan fingerprint density at radius 2 is 1.58 bits per heavy atom. The number of nitrogens with zero attached hydrogens (tertiary/aromatic N) is 1. The van der Waals surface area contributed by atoms with Crippen molar-refractivity contribution in [2.45, 2.75) is 0 Å². The van der Waals surface area contributed by atoms with Crippen LogP contribution >= 0.6 is 7.82 Å². The molecule has 0 atom stereocenters. The van der Waals surface area contributed by atoms with E-state index in [0.717, 1.165) is 0 Å². The molecule has 0 aliphatic rings. The van der Waals surface area contributed by atoms with Gasteiger partial charge in [0.2, 0.25) is 0 Å². The van der Waals surface area contributed by atoms with Crippen molar-refractivity contribution in [3.8, 4) is 0 Å². The van der Waals surface area contributed by atoms with Gasteiger partial charge in [0.25, 0.3) is 0 Å². The van der Waals surface area contributed by atoms with Crippen LogP contribution in [-0.2, 0) is 18.1 Å². The van der Waals surface area contributed by atoms with E-state index in [-0.39, 0.29) is 6.73 Å². The molecule has 0 aromatic heterocycles. The Morgan fingerprint density at radius 1 is 1.17 bits per heavy atom. The quantitative estimate of drug-likeness (QED) is 0.376. The topological polar surface area (TPSA) is 44.8 Å². The molecule has 0 bridgehead atoms. The highest BCUT2D eigenvalue weighted by Crippen LogP contribution is 2.47. The molecule has 0 aromatic carbocycles. The monoisotopic (exact) mass is 198 g/mol. The summed E-state index contributed by atoms with van der Waals surface area (Å²) in [6, 6.07) is 0. The van der Waals surface area contributed by atoms with Gasteiger partial charge in [-0.1, -0.05) is 0 Å². The average Bonchev–Trinajstić information content (AvgIpc) is 1.99. The third kappa shape index (κ3) is 4.85. The maximum absolute atomic E-state index is 11.3. The van der Waals surface area contributed by atoms with E-state index in [4.69, 9.17) is 4.52 Å². The molecule has 0 spiro atoms. The van der Waals surface area contributed by atoms with Crippen molar-refractivity contribution in [2.24, 2.45) is 0 Å². The van der Waals surface area contributed by atoms with Crippen molar-refractivity contribution < 1.29 is 22.6 Å². The highest BCUT2D eigenvalue weighted by molar-refractivity contribution is 7.48. The van der Waals surface area contributed by atoms with Crippen LogP contribution in [0.1, 0.15) is 0 Å². The lowest BCUT2D eigenvalue weighted by Crippen LogP contribution is -2.36. The number of hydrogen-bond acceptors (Lipinski definition) is 4. The molecular formula is C6H17NO4P+. The predicted octanol–water partition coefficient (Wildman–Crippen LogP) is 1.07. The van der Waals surface area contributed by atoms with E-state index in [1.165, 1.54) is 14.2 Å². The second-order valence-electron chi connectivity index (χ2n) is 3.36. The Morgan fingerprint density at radius 3 is 1.83 bits per heavy atom. The summed E-state index contributed by atoms with van der Waals surface area (Å²) >= 11 is 0. The zero-order valence-corrected chi connectivity index (χ0v) is 9.13. The first kappa shape index (κ1) is 12.1. The first-order chi connectivity index (χ1) is 5.33. The molecule has 0 saturated heterocycles. The lowest BCUT2D eigenvalue weighted by atomic mass is 10.7. The van der Waals surface area contributed by atoms with Crippen LogP contribution in [0.4, 0.5) is 0 Å². The summed E-state index contributed by atoms with van der Waals surface area (Å²) in [5.41, 5.74) is 0. The van der Waals surface area contributed by atoms with Gasteiger partial charge in [0.15, 0.2) is 6.73 Å². The molecule has 0 aliphatic heterocycles. The van der Waals surface area contributed by atoms with Crippen LogP contribution in [0.15, 0.2) is 0 Å². The molecule has 0 fully saturated rings. The van der Waals surface area contributed by atoms with E-state index in [1.807, 2.05) is 21.1 Å². The van der Waals surface area contributed by atoms with Crippen molar-refractivity contribution >= 4 is 7.82 Å². The van der Waals surface area contributed by atoms with E-state index in [9.17, 15) is 4.57 Å². The van der Waals surface area contributed by atoms with Crippen molar-refractivity contribution in [3.63, 3.8) is 0 Å². The number of phosphoric acid groups is 1. The van der Waals surface area contributed by atoms with Gasteiger partial charge in [-0.15, -0.1) is 0 Å². The summed E-state index contributed by atoms with van der Waals surface area (Å²) in [4.78, 5) is 0. The third-order valence-corrected chi connectivity index (χ3v) is 2.38. The summed E-state index contributed by atoms with van der Waals surface area (Å²) in [5.74, 6) is 0. The number of hydrogen-bond donors (Lipinski definition) is 0. The average molecular weight is 198 g/mol.